The number of carbonyl (C=O) groups is 1. The molecule has 4 heterocycles. The first-order chi connectivity index (χ1) is 13.2. The Bertz CT molecular complexity index is 764. The smallest absolute Gasteiger partial charge is 0.274 e. The molecular weight excluding hydrogens is 342 g/mol. The van der Waals surface area contributed by atoms with Crippen LogP contribution in [0.25, 0.3) is 0 Å². The number of rotatable bonds is 3. The van der Waals surface area contributed by atoms with Gasteiger partial charge in [0.15, 0.2) is 11.6 Å². The minimum atomic E-state index is -0.0614. The summed E-state index contributed by atoms with van der Waals surface area (Å²) in [4.78, 5) is 27.2. The van der Waals surface area contributed by atoms with E-state index in [-0.39, 0.29) is 5.91 Å². The second-order valence-corrected chi connectivity index (χ2v) is 7.12. The molecule has 0 atom stereocenters. The maximum atomic E-state index is 12.5. The SMILES string of the molecule is Cc1cnc(C(=O)N2CCN(c3ccc(N4CCCCC4)nn3)CC2)cn1. The van der Waals surface area contributed by atoms with Crippen LogP contribution in [0.3, 0.4) is 0 Å². The summed E-state index contributed by atoms with van der Waals surface area (Å²) in [6, 6.07) is 4.10. The zero-order valence-electron chi connectivity index (χ0n) is 15.7. The largest absolute Gasteiger partial charge is 0.355 e. The lowest BCUT2D eigenvalue weighted by Gasteiger charge is -2.35. The highest BCUT2D eigenvalue weighted by molar-refractivity contribution is 5.92. The third-order valence-electron chi connectivity index (χ3n) is 5.21. The van der Waals surface area contributed by atoms with E-state index in [1.54, 1.807) is 12.4 Å². The van der Waals surface area contributed by atoms with Gasteiger partial charge in [-0.15, -0.1) is 10.2 Å². The normalized spacial score (nSPS) is 17.9. The fraction of sp³-hybridized carbons (Fsp3) is 0.526. The average molecular weight is 367 g/mol. The Morgan fingerprint density at radius 2 is 1.44 bits per heavy atom. The van der Waals surface area contributed by atoms with Crippen molar-refractivity contribution in [3.8, 4) is 0 Å². The van der Waals surface area contributed by atoms with E-state index >= 15 is 0 Å². The van der Waals surface area contributed by atoms with Gasteiger partial charge < -0.3 is 14.7 Å². The van der Waals surface area contributed by atoms with Crippen molar-refractivity contribution >= 4 is 17.5 Å². The molecule has 142 valence electrons. The molecule has 2 saturated heterocycles. The Labute approximate surface area is 159 Å². The van der Waals surface area contributed by atoms with E-state index in [4.69, 9.17) is 0 Å². The zero-order chi connectivity index (χ0) is 18.6. The number of piperazine rings is 1. The molecule has 2 aromatic rings. The van der Waals surface area contributed by atoms with Gasteiger partial charge >= 0.3 is 0 Å². The molecular formula is C19H25N7O. The van der Waals surface area contributed by atoms with Crippen molar-refractivity contribution in [2.24, 2.45) is 0 Å². The number of amides is 1. The summed E-state index contributed by atoms with van der Waals surface area (Å²) in [7, 11) is 0. The minimum Gasteiger partial charge on any atom is -0.355 e. The van der Waals surface area contributed by atoms with Crippen LogP contribution in [0.1, 0.15) is 35.4 Å². The van der Waals surface area contributed by atoms with Gasteiger partial charge in [0.1, 0.15) is 5.69 Å². The highest BCUT2D eigenvalue weighted by Crippen LogP contribution is 2.20. The molecule has 0 aliphatic carbocycles. The summed E-state index contributed by atoms with van der Waals surface area (Å²) in [5.74, 6) is 1.77. The lowest BCUT2D eigenvalue weighted by atomic mass is 10.1. The molecule has 8 heteroatoms. The Hall–Kier alpha value is -2.77. The quantitative estimate of drug-likeness (QED) is 0.814. The standard InChI is InChI=1S/C19H25N7O/c1-15-13-21-16(14-20-15)19(27)26-11-9-25(10-12-26)18-6-5-17(22-23-18)24-7-3-2-4-8-24/h5-6,13-14H,2-4,7-12H2,1H3. The van der Waals surface area contributed by atoms with E-state index in [9.17, 15) is 4.79 Å². The van der Waals surface area contributed by atoms with Crippen LogP contribution in [-0.2, 0) is 0 Å². The van der Waals surface area contributed by atoms with Crippen LogP contribution in [-0.4, -0.2) is 70.2 Å². The van der Waals surface area contributed by atoms with Crippen molar-refractivity contribution in [2.75, 3.05) is 49.1 Å². The second kappa shape index (κ2) is 7.85. The molecule has 1 amide bonds. The average Bonchev–Trinajstić information content (AvgIpc) is 2.75. The maximum absolute atomic E-state index is 12.5. The molecule has 2 fully saturated rings. The fourth-order valence-electron chi connectivity index (χ4n) is 3.58. The van der Waals surface area contributed by atoms with Crippen molar-refractivity contribution < 1.29 is 4.79 Å². The lowest BCUT2D eigenvalue weighted by molar-refractivity contribution is 0.0740. The summed E-state index contributed by atoms with van der Waals surface area (Å²) in [6.45, 7) is 6.75. The number of nitrogens with zero attached hydrogens (tertiary/aromatic N) is 7. The first-order valence-electron chi connectivity index (χ1n) is 9.62. The van der Waals surface area contributed by atoms with E-state index in [0.29, 0.717) is 18.8 Å². The topological polar surface area (TPSA) is 78.4 Å². The first kappa shape index (κ1) is 17.6. The molecule has 0 aromatic carbocycles. The summed E-state index contributed by atoms with van der Waals surface area (Å²) in [5, 5.41) is 8.85. The maximum Gasteiger partial charge on any atom is 0.274 e. The van der Waals surface area contributed by atoms with Crippen molar-refractivity contribution in [3.05, 3.63) is 35.9 Å². The predicted octanol–water partition coefficient (Wildman–Crippen LogP) is 1.53. The van der Waals surface area contributed by atoms with Crippen molar-refractivity contribution in [3.63, 3.8) is 0 Å². The molecule has 8 nitrogen and oxygen atoms in total. The Balaban J connectivity index is 1.34. The van der Waals surface area contributed by atoms with Crippen LogP contribution in [0.4, 0.5) is 11.6 Å². The van der Waals surface area contributed by atoms with Gasteiger partial charge in [0.25, 0.3) is 5.91 Å². The molecule has 2 aliphatic heterocycles. The molecule has 0 unspecified atom stereocenters. The second-order valence-electron chi connectivity index (χ2n) is 7.12. The Morgan fingerprint density at radius 1 is 0.815 bits per heavy atom. The first-order valence-corrected chi connectivity index (χ1v) is 9.62. The minimum absolute atomic E-state index is 0.0614. The fourth-order valence-corrected chi connectivity index (χ4v) is 3.58. The third kappa shape index (κ3) is 3.99. The number of aromatic nitrogens is 4. The highest BCUT2D eigenvalue weighted by Gasteiger charge is 2.24. The highest BCUT2D eigenvalue weighted by atomic mass is 16.2. The summed E-state index contributed by atoms with van der Waals surface area (Å²) >= 11 is 0. The number of aryl methyl sites for hydroxylation is 1. The van der Waals surface area contributed by atoms with E-state index in [1.165, 1.54) is 19.3 Å². The van der Waals surface area contributed by atoms with E-state index in [2.05, 4.69) is 36.0 Å². The third-order valence-corrected chi connectivity index (χ3v) is 5.21. The van der Waals surface area contributed by atoms with E-state index in [1.807, 2.05) is 17.9 Å². The van der Waals surface area contributed by atoms with Crippen LogP contribution in [0.2, 0.25) is 0 Å². The van der Waals surface area contributed by atoms with Gasteiger partial charge in [-0.3, -0.25) is 9.78 Å². The number of piperidine rings is 1. The van der Waals surface area contributed by atoms with Crippen LogP contribution < -0.4 is 9.80 Å². The van der Waals surface area contributed by atoms with Gasteiger partial charge in [-0.1, -0.05) is 0 Å². The van der Waals surface area contributed by atoms with Crippen LogP contribution in [0.5, 0.6) is 0 Å². The lowest BCUT2D eigenvalue weighted by Crippen LogP contribution is -2.49. The van der Waals surface area contributed by atoms with Gasteiger partial charge in [0, 0.05) is 45.5 Å². The predicted molar refractivity (Wildman–Crippen MR) is 103 cm³/mol. The summed E-state index contributed by atoms with van der Waals surface area (Å²) < 4.78 is 0. The summed E-state index contributed by atoms with van der Waals surface area (Å²) in [5.41, 5.74) is 1.21. The number of carbonyl (C=O) groups excluding carboxylic acids is 1. The van der Waals surface area contributed by atoms with Crippen LogP contribution in [0.15, 0.2) is 24.5 Å². The van der Waals surface area contributed by atoms with Gasteiger partial charge in [-0.2, -0.15) is 0 Å². The molecule has 2 aliphatic rings. The molecule has 0 N–H and O–H groups in total. The van der Waals surface area contributed by atoms with Gasteiger partial charge in [-0.05, 0) is 38.3 Å². The van der Waals surface area contributed by atoms with Crippen LogP contribution >= 0.6 is 0 Å². The van der Waals surface area contributed by atoms with Crippen molar-refractivity contribution in [1.29, 1.82) is 0 Å². The van der Waals surface area contributed by atoms with E-state index in [0.717, 1.165) is 43.5 Å². The molecule has 2 aromatic heterocycles. The van der Waals surface area contributed by atoms with Gasteiger partial charge in [0.2, 0.25) is 0 Å². The van der Waals surface area contributed by atoms with Crippen LogP contribution in [0, 0.1) is 6.92 Å². The zero-order valence-corrected chi connectivity index (χ0v) is 15.7. The molecule has 27 heavy (non-hydrogen) atoms. The molecule has 0 spiro atoms. The summed E-state index contributed by atoms with van der Waals surface area (Å²) in [6.07, 6.45) is 6.94. The number of hydrogen-bond acceptors (Lipinski definition) is 7. The monoisotopic (exact) mass is 367 g/mol. The molecule has 4 rings (SSSR count). The van der Waals surface area contributed by atoms with Gasteiger partial charge in [0.05, 0.1) is 11.9 Å². The number of hydrogen-bond donors (Lipinski definition) is 0. The van der Waals surface area contributed by atoms with Crippen molar-refractivity contribution in [1.82, 2.24) is 25.1 Å². The Morgan fingerprint density at radius 3 is 2.00 bits per heavy atom. The van der Waals surface area contributed by atoms with Crippen molar-refractivity contribution in [2.45, 2.75) is 26.2 Å². The molecule has 0 saturated carbocycles. The Kier molecular flexibility index (Phi) is 5.13. The van der Waals surface area contributed by atoms with Gasteiger partial charge in [-0.25, -0.2) is 4.98 Å². The molecule has 0 bridgehead atoms. The molecule has 0 radical (unpaired) electrons. The number of anilines is 2. The van der Waals surface area contributed by atoms with E-state index < -0.39 is 0 Å².